The van der Waals surface area contributed by atoms with Crippen LogP contribution in [-0.2, 0) is 0 Å². The smallest absolute Gasteiger partial charge is 0.272 e. The second kappa shape index (κ2) is 7.22. The first-order chi connectivity index (χ1) is 14.1. The van der Waals surface area contributed by atoms with Gasteiger partial charge in [-0.05, 0) is 55.4 Å². The largest absolute Gasteiger partial charge is 0.488 e. The average Bonchev–Trinajstić information content (AvgIpc) is 3.34. The highest BCUT2D eigenvalue weighted by atomic mass is 16.7. The van der Waals surface area contributed by atoms with E-state index in [1.165, 1.54) is 0 Å². The van der Waals surface area contributed by atoms with E-state index >= 15 is 0 Å². The van der Waals surface area contributed by atoms with Crippen molar-refractivity contribution in [3.8, 4) is 17.2 Å². The van der Waals surface area contributed by atoms with E-state index in [1.54, 1.807) is 12.3 Å². The summed E-state index contributed by atoms with van der Waals surface area (Å²) in [5.74, 6) is 2.59. The lowest BCUT2D eigenvalue weighted by atomic mass is 9.78. The Balaban J connectivity index is 1.26. The molecule has 3 heterocycles. The molecule has 29 heavy (non-hydrogen) atoms. The third-order valence-electron chi connectivity index (χ3n) is 6.22. The highest BCUT2D eigenvalue weighted by Gasteiger charge is 2.44. The summed E-state index contributed by atoms with van der Waals surface area (Å²) in [6.07, 6.45) is 2.13. The van der Waals surface area contributed by atoms with E-state index in [0.717, 1.165) is 5.56 Å². The summed E-state index contributed by atoms with van der Waals surface area (Å²) in [4.78, 5) is 19.1. The van der Waals surface area contributed by atoms with Gasteiger partial charge in [-0.15, -0.1) is 0 Å². The molecule has 1 saturated carbocycles. The van der Waals surface area contributed by atoms with Crippen LogP contribution in [0.3, 0.4) is 0 Å². The van der Waals surface area contributed by atoms with Crippen molar-refractivity contribution in [1.29, 1.82) is 0 Å². The molecule has 2 fully saturated rings. The van der Waals surface area contributed by atoms with Crippen molar-refractivity contribution in [2.24, 2.45) is 11.8 Å². The molecule has 7 nitrogen and oxygen atoms in total. The highest BCUT2D eigenvalue weighted by molar-refractivity contribution is 5.93. The number of aromatic nitrogens is 1. The van der Waals surface area contributed by atoms with Gasteiger partial charge in [0, 0.05) is 25.4 Å². The molecular formula is C22H24N2O5. The predicted molar refractivity (Wildman–Crippen MR) is 104 cm³/mol. The van der Waals surface area contributed by atoms with E-state index in [-0.39, 0.29) is 24.7 Å². The fraction of sp³-hybridized carbons (Fsp3) is 0.455. The summed E-state index contributed by atoms with van der Waals surface area (Å²) >= 11 is 0. The normalized spacial score (nSPS) is 27.6. The zero-order valence-corrected chi connectivity index (χ0v) is 16.3. The van der Waals surface area contributed by atoms with Crippen LogP contribution in [0.25, 0.3) is 0 Å². The Kier molecular flexibility index (Phi) is 4.54. The number of carbonyl (C=O) groups is 1. The number of aryl methyl sites for hydroxylation is 1. The van der Waals surface area contributed by atoms with Crippen LogP contribution in [0.15, 0.2) is 36.5 Å². The van der Waals surface area contributed by atoms with Crippen LogP contribution in [0.4, 0.5) is 0 Å². The highest BCUT2D eigenvalue weighted by Crippen LogP contribution is 2.40. The second-order valence-corrected chi connectivity index (χ2v) is 8.11. The lowest BCUT2D eigenvalue weighted by Gasteiger charge is -2.35. The van der Waals surface area contributed by atoms with Gasteiger partial charge in [-0.25, -0.2) is 0 Å². The summed E-state index contributed by atoms with van der Waals surface area (Å²) in [5, 5.41) is 10.7. The predicted octanol–water partition coefficient (Wildman–Crippen LogP) is 2.41. The molecule has 0 spiro atoms. The molecule has 1 saturated heterocycles. The summed E-state index contributed by atoms with van der Waals surface area (Å²) < 4.78 is 16.8. The Morgan fingerprint density at radius 2 is 1.97 bits per heavy atom. The van der Waals surface area contributed by atoms with Crippen LogP contribution >= 0.6 is 0 Å². The lowest BCUT2D eigenvalue weighted by molar-refractivity contribution is -0.0232. The number of aliphatic hydroxyl groups is 1. The molecule has 3 aliphatic rings. The number of likely N-dealkylation sites (tertiary alicyclic amines) is 1. The van der Waals surface area contributed by atoms with Crippen molar-refractivity contribution < 1.29 is 24.1 Å². The minimum Gasteiger partial charge on any atom is -0.488 e. The van der Waals surface area contributed by atoms with Crippen molar-refractivity contribution in [3.63, 3.8) is 0 Å². The number of nitrogens with zero attached hydrogens (tertiary/aromatic N) is 2. The first-order valence-corrected chi connectivity index (χ1v) is 10.0. The zero-order valence-electron chi connectivity index (χ0n) is 16.3. The van der Waals surface area contributed by atoms with Crippen LogP contribution in [0.1, 0.15) is 28.9 Å². The maximum atomic E-state index is 12.9. The fourth-order valence-corrected chi connectivity index (χ4v) is 4.67. The van der Waals surface area contributed by atoms with E-state index < -0.39 is 6.10 Å². The third kappa shape index (κ3) is 3.40. The number of rotatable bonds is 3. The van der Waals surface area contributed by atoms with Crippen molar-refractivity contribution in [3.05, 3.63) is 47.8 Å². The van der Waals surface area contributed by atoms with Gasteiger partial charge in [0.1, 0.15) is 17.5 Å². The number of hydrogen-bond donors (Lipinski definition) is 1. The molecule has 1 aliphatic carbocycles. The Hall–Kier alpha value is -2.80. The molecular weight excluding hydrogens is 372 g/mol. The summed E-state index contributed by atoms with van der Waals surface area (Å²) in [7, 11) is 0. The molecule has 4 atom stereocenters. The van der Waals surface area contributed by atoms with Gasteiger partial charge in [0.25, 0.3) is 5.91 Å². The molecule has 7 heteroatoms. The van der Waals surface area contributed by atoms with E-state index in [2.05, 4.69) is 4.98 Å². The molecule has 1 aromatic heterocycles. The van der Waals surface area contributed by atoms with E-state index in [0.29, 0.717) is 54.8 Å². The third-order valence-corrected chi connectivity index (χ3v) is 6.22. The van der Waals surface area contributed by atoms with Crippen LogP contribution in [-0.4, -0.2) is 53.0 Å². The van der Waals surface area contributed by atoms with Crippen molar-refractivity contribution in [2.75, 3.05) is 19.9 Å². The molecule has 1 amide bonds. The summed E-state index contributed by atoms with van der Waals surface area (Å²) in [6.45, 7) is 3.46. The van der Waals surface area contributed by atoms with E-state index in [9.17, 15) is 9.90 Å². The molecule has 2 aliphatic heterocycles. The molecule has 152 valence electrons. The first-order valence-electron chi connectivity index (χ1n) is 10.0. The number of aliphatic hydroxyl groups excluding tert-OH is 1. The van der Waals surface area contributed by atoms with Gasteiger partial charge in [0.05, 0.1) is 6.10 Å². The van der Waals surface area contributed by atoms with E-state index in [1.807, 2.05) is 36.1 Å². The second-order valence-electron chi connectivity index (χ2n) is 8.11. The number of carbonyl (C=O) groups excluding carboxylic acids is 1. The molecule has 5 rings (SSSR count). The minimum atomic E-state index is -0.562. The van der Waals surface area contributed by atoms with Crippen molar-refractivity contribution in [1.82, 2.24) is 9.88 Å². The maximum Gasteiger partial charge on any atom is 0.272 e. The van der Waals surface area contributed by atoms with Gasteiger partial charge in [-0.3, -0.25) is 9.78 Å². The Morgan fingerprint density at radius 3 is 2.79 bits per heavy atom. The first kappa shape index (κ1) is 18.2. The molecule has 0 radical (unpaired) electrons. The van der Waals surface area contributed by atoms with E-state index in [4.69, 9.17) is 14.2 Å². The number of hydrogen-bond acceptors (Lipinski definition) is 6. The standard InChI is InChI=1S/C22H24N2O5/c1-13-3-2-6-23-21(13)22(26)24-10-14-7-17(25)19(8-15(14)11-24)29-16-4-5-18-20(9-16)28-12-27-18/h2-6,9,14-15,17,19,25H,7-8,10-12H2,1H3/t14-,15+,17+,19+/m0/s1. The van der Waals surface area contributed by atoms with Gasteiger partial charge in [0.2, 0.25) is 6.79 Å². The van der Waals surface area contributed by atoms with Gasteiger partial charge >= 0.3 is 0 Å². The number of ether oxygens (including phenoxy) is 3. The molecule has 1 aromatic carbocycles. The monoisotopic (exact) mass is 396 g/mol. The van der Waals surface area contributed by atoms with Gasteiger partial charge < -0.3 is 24.2 Å². The number of fused-ring (bicyclic) bond motifs is 2. The molecule has 2 aromatic rings. The van der Waals surface area contributed by atoms with Crippen LogP contribution < -0.4 is 14.2 Å². The summed E-state index contributed by atoms with van der Waals surface area (Å²) in [5.41, 5.74) is 1.40. The maximum absolute atomic E-state index is 12.9. The quantitative estimate of drug-likeness (QED) is 0.858. The Bertz CT molecular complexity index is 933. The van der Waals surface area contributed by atoms with Gasteiger partial charge in [0.15, 0.2) is 11.5 Å². The fourth-order valence-electron chi connectivity index (χ4n) is 4.67. The van der Waals surface area contributed by atoms with Gasteiger partial charge in [-0.1, -0.05) is 6.07 Å². The van der Waals surface area contributed by atoms with Crippen molar-refractivity contribution >= 4 is 5.91 Å². The van der Waals surface area contributed by atoms with Crippen molar-refractivity contribution in [2.45, 2.75) is 32.0 Å². The number of amides is 1. The molecule has 0 unspecified atom stereocenters. The lowest BCUT2D eigenvalue weighted by Crippen LogP contribution is -2.42. The number of pyridine rings is 1. The van der Waals surface area contributed by atoms with Crippen LogP contribution in [0, 0.1) is 18.8 Å². The molecule has 0 bridgehead atoms. The van der Waals surface area contributed by atoms with Gasteiger partial charge in [-0.2, -0.15) is 0 Å². The number of benzene rings is 1. The zero-order chi connectivity index (χ0) is 20.0. The molecule has 1 N–H and O–H groups in total. The van der Waals surface area contributed by atoms with Crippen LogP contribution in [0.2, 0.25) is 0 Å². The SMILES string of the molecule is Cc1cccnc1C(=O)N1C[C@H]2C[C@@H](Oc3ccc4c(c3)OCO4)[C@H](O)C[C@H]2C1. The van der Waals surface area contributed by atoms with Crippen LogP contribution in [0.5, 0.6) is 17.2 Å². The average molecular weight is 396 g/mol. The summed E-state index contributed by atoms with van der Waals surface area (Å²) in [6, 6.07) is 9.20. The Labute approximate surface area is 169 Å². The Morgan fingerprint density at radius 1 is 1.17 bits per heavy atom. The minimum absolute atomic E-state index is 0.0276. The topological polar surface area (TPSA) is 81.1 Å².